The first kappa shape index (κ1) is 20.3. The number of methoxy groups -OCH3 is 1. The third-order valence-corrected chi connectivity index (χ3v) is 5.53. The van der Waals surface area contributed by atoms with E-state index in [-0.39, 0.29) is 24.2 Å². The van der Waals surface area contributed by atoms with Gasteiger partial charge in [0.25, 0.3) is 0 Å². The van der Waals surface area contributed by atoms with Gasteiger partial charge in [0.2, 0.25) is 5.91 Å². The van der Waals surface area contributed by atoms with Crippen molar-refractivity contribution in [3.63, 3.8) is 0 Å². The Hall–Kier alpha value is -2.40. The summed E-state index contributed by atoms with van der Waals surface area (Å²) in [6.45, 7) is 4.92. The largest absolute Gasteiger partial charge is 0.497 e. The molecule has 1 N–H and O–H groups in total. The second kappa shape index (κ2) is 9.69. The van der Waals surface area contributed by atoms with Crippen molar-refractivity contribution in [1.29, 1.82) is 0 Å². The molecule has 2 aromatic carbocycles. The van der Waals surface area contributed by atoms with Crippen LogP contribution in [0.2, 0.25) is 0 Å². The Morgan fingerprint density at radius 2 is 1.79 bits per heavy atom. The molecule has 0 aromatic heterocycles. The van der Waals surface area contributed by atoms with E-state index in [4.69, 9.17) is 4.74 Å². The molecular formula is C23H29FN2O2. The zero-order chi connectivity index (χ0) is 19.9. The number of carbonyl (C=O) groups is 1. The van der Waals surface area contributed by atoms with Gasteiger partial charge < -0.3 is 10.1 Å². The van der Waals surface area contributed by atoms with Crippen LogP contribution in [0.4, 0.5) is 4.39 Å². The molecule has 1 amide bonds. The highest BCUT2D eigenvalue weighted by Crippen LogP contribution is 2.27. The van der Waals surface area contributed by atoms with Crippen LogP contribution in [0.15, 0.2) is 48.5 Å². The fraction of sp³-hybridized carbons (Fsp3) is 0.435. The SMILES string of the molecule is COc1ccc(C(CNC(=O)Cc2ccc(F)cc2)N2CCC(C)CC2)cc1. The molecule has 1 aliphatic heterocycles. The Morgan fingerprint density at radius 1 is 1.14 bits per heavy atom. The normalized spacial score (nSPS) is 16.5. The Morgan fingerprint density at radius 3 is 2.39 bits per heavy atom. The number of ether oxygens (including phenoxy) is 1. The molecular weight excluding hydrogens is 355 g/mol. The van der Waals surface area contributed by atoms with Crippen LogP contribution in [-0.2, 0) is 11.2 Å². The summed E-state index contributed by atoms with van der Waals surface area (Å²) >= 11 is 0. The van der Waals surface area contributed by atoms with E-state index in [1.165, 1.54) is 30.5 Å². The zero-order valence-corrected chi connectivity index (χ0v) is 16.7. The summed E-state index contributed by atoms with van der Waals surface area (Å²) in [7, 11) is 1.66. The predicted molar refractivity (Wildman–Crippen MR) is 109 cm³/mol. The number of rotatable bonds is 7. The average Bonchev–Trinajstić information content (AvgIpc) is 2.71. The van der Waals surface area contributed by atoms with Crippen LogP contribution in [0.5, 0.6) is 5.75 Å². The van der Waals surface area contributed by atoms with Gasteiger partial charge in [0, 0.05) is 6.54 Å². The minimum absolute atomic E-state index is 0.0458. The molecule has 0 aliphatic carbocycles. The van der Waals surface area contributed by atoms with Crippen LogP contribution in [0.3, 0.4) is 0 Å². The molecule has 3 rings (SSSR count). The van der Waals surface area contributed by atoms with E-state index < -0.39 is 0 Å². The molecule has 1 atom stereocenters. The number of carbonyl (C=O) groups excluding carboxylic acids is 1. The number of nitrogens with one attached hydrogen (secondary N) is 1. The Labute approximate surface area is 166 Å². The molecule has 1 aliphatic rings. The number of amides is 1. The minimum atomic E-state index is -0.289. The summed E-state index contributed by atoms with van der Waals surface area (Å²) in [5.74, 6) is 1.24. The van der Waals surface area contributed by atoms with Gasteiger partial charge in [-0.3, -0.25) is 9.69 Å². The molecule has 28 heavy (non-hydrogen) atoms. The van der Waals surface area contributed by atoms with Gasteiger partial charge in [-0.25, -0.2) is 4.39 Å². The number of benzene rings is 2. The highest BCUT2D eigenvalue weighted by Gasteiger charge is 2.25. The summed E-state index contributed by atoms with van der Waals surface area (Å²) in [5, 5.41) is 3.08. The number of hydrogen-bond acceptors (Lipinski definition) is 3. The van der Waals surface area contributed by atoms with Gasteiger partial charge in [-0.2, -0.15) is 0 Å². The minimum Gasteiger partial charge on any atom is -0.497 e. The molecule has 0 spiro atoms. The smallest absolute Gasteiger partial charge is 0.224 e. The lowest BCUT2D eigenvalue weighted by atomic mass is 9.95. The first-order valence-corrected chi connectivity index (χ1v) is 9.94. The molecule has 0 saturated carbocycles. The summed E-state index contributed by atoms with van der Waals surface area (Å²) in [6.07, 6.45) is 2.61. The highest BCUT2D eigenvalue weighted by molar-refractivity contribution is 5.78. The van der Waals surface area contributed by atoms with Crippen molar-refractivity contribution < 1.29 is 13.9 Å². The van der Waals surface area contributed by atoms with Crippen LogP contribution in [-0.4, -0.2) is 37.6 Å². The Bertz CT molecular complexity index is 753. The number of piperidine rings is 1. The summed E-state index contributed by atoms with van der Waals surface area (Å²) < 4.78 is 18.3. The standard InChI is InChI=1S/C23H29FN2O2/c1-17-11-13-26(14-12-17)22(19-5-9-21(28-2)10-6-19)16-25-23(27)15-18-3-7-20(24)8-4-18/h3-10,17,22H,11-16H2,1-2H3,(H,25,27). The zero-order valence-electron chi connectivity index (χ0n) is 16.7. The van der Waals surface area contributed by atoms with Crippen molar-refractivity contribution in [3.8, 4) is 5.75 Å². The summed E-state index contributed by atoms with van der Waals surface area (Å²) in [6, 6.07) is 14.3. The van der Waals surface area contributed by atoms with E-state index >= 15 is 0 Å². The van der Waals surface area contributed by atoms with E-state index in [2.05, 4.69) is 29.3 Å². The van der Waals surface area contributed by atoms with Crippen LogP contribution in [0.1, 0.15) is 36.9 Å². The average molecular weight is 384 g/mol. The number of likely N-dealkylation sites (tertiary alicyclic amines) is 1. The number of halogens is 1. The van der Waals surface area contributed by atoms with Crippen LogP contribution >= 0.6 is 0 Å². The fourth-order valence-electron chi connectivity index (χ4n) is 3.68. The van der Waals surface area contributed by atoms with Crippen molar-refractivity contribution in [2.75, 3.05) is 26.7 Å². The first-order valence-electron chi connectivity index (χ1n) is 9.94. The van der Waals surface area contributed by atoms with Gasteiger partial charge in [0.1, 0.15) is 11.6 Å². The second-order valence-electron chi connectivity index (χ2n) is 7.61. The molecule has 1 unspecified atom stereocenters. The predicted octanol–water partition coefficient (Wildman–Crippen LogP) is 3.97. The van der Waals surface area contributed by atoms with Gasteiger partial charge in [-0.1, -0.05) is 31.2 Å². The van der Waals surface area contributed by atoms with Crippen molar-refractivity contribution >= 4 is 5.91 Å². The molecule has 1 fully saturated rings. The maximum absolute atomic E-state index is 13.0. The molecule has 1 saturated heterocycles. The Balaban J connectivity index is 1.65. The van der Waals surface area contributed by atoms with Crippen LogP contribution in [0.25, 0.3) is 0 Å². The van der Waals surface area contributed by atoms with Gasteiger partial charge in [-0.05, 0) is 67.2 Å². The molecule has 2 aromatic rings. The highest BCUT2D eigenvalue weighted by atomic mass is 19.1. The molecule has 0 bridgehead atoms. The lowest BCUT2D eigenvalue weighted by Gasteiger charge is -2.37. The number of hydrogen-bond donors (Lipinski definition) is 1. The molecule has 150 valence electrons. The van der Waals surface area contributed by atoms with E-state index in [0.29, 0.717) is 6.54 Å². The van der Waals surface area contributed by atoms with Crippen molar-refractivity contribution in [2.45, 2.75) is 32.2 Å². The molecule has 4 nitrogen and oxygen atoms in total. The van der Waals surface area contributed by atoms with Gasteiger partial charge in [0.05, 0.1) is 19.6 Å². The van der Waals surface area contributed by atoms with Crippen molar-refractivity contribution in [3.05, 3.63) is 65.5 Å². The first-order chi connectivity index (χ1) is 13.5. The summed E-state index contributed by atoms with van der Waals surface area (Å²) in [5.41, 5.74) is 1.99. The van der Waals surface area contributed by atoms with E-state index in [9.17, 15) is 9.18 Å². The third kappa shape index (κ3) is 5.55. The maximum atomic E-state index is 13.0. The van der Waals surface area contributed by atoms with Crippen molar-refractivity contribution in [1.82, 2.24) is 10.2 Å². The fourth-order valence-corrected chi connectivity index (χ4v) is 3.68. The molecule has 1 heterocycles. The van der Waals surface area contributed by atoms with Gasteiger partial charge in [-0.15, -0.1) is 0 Å². The van der Waals surface area contributed by atoms with Crippen LogP contribution < -0.4 is 10.1 Å². The van der Waals surface area contributed by atoms with E-state index in [0.717, 1.165) is 30.3 Å². The Kier molecular flexibility index (Phi) is 7.04. The second-order valence-corrected chi connectivity index (χ2v) is 7.61. The monoisotopic (exact) mass is 384 g/mol. The van der Waals surface area contributed by atoms with Gasteiger partial charge in [0.15, 0.2) is 0 Å². The lowest BCUT2D eigenvalue weighted by Crippen LogP contribution is -2.42. The lowest BCUT2D eigenvalue weighted by molar-refractivity contribution is -0.120. The summed E-state index contributed by atoms with van der Waals surface area (Å²) in [4.78, 5) is 14.9. The van der Waals surface area contributed by atoms with Gasteiger partial charge >= 0.3 is 0 Å². The van der Waals surface area contributed by atoms with E-state index in [1.807, 2.05) is 12.1 Å². The topological polar surface area (TPSA) is 41.6 Å². The van der Waals surface area contributed by atoms with Crippen molar-refractivity contribution in [2.24, 2.45) is 5.92 Å². The van der Waals surface area contributed by atoms with Crippen LogP contribution in [0, 0.1) is 11.7 Å². The third-order valence-electron chi connectivity index (χ3n) is 5.53. The number of nitrogens with zero attached hydrogens (tertiary/aromatic N) is 1. The maximum Gasteiger partial charge on any atom is 0.224 e. The van der Waals surface area contributed by atoms with E-state index in [1.54, 1.807) is 19.2 Å². The quantitative estimate of drug-likeness (QED) is 0.785. The molecule has 5 heteroatoms. The molecule has 0 radical (unpaired) electrons.